The minimum atomic E-state index is -0.135. The van der Waals surface area contributed by atoms with Crippen molar-refractivity contribution in [1.82, 2.24) is 10.6 Å². The molecule has 0 bridgehead atoms. The molecule has 1 aromatic heterocycles. The Balaban J connectivity index is 1.93. The van der Waals surface area contributed by atoms with Crippen molar-refractivity contribution < 1.29 is 4.79 Å². The molecule has 1 atom stereocenters. The molecule has 1 fully saturated rings. The van der Waals surface area contributed by atoms with Crippen LogP contribution in [0.4, 0.5) is 0 Å². The molecule has 0 aromatic carbocycles. The van der Waals surface area contributed by atoms with Gasteiger partial charge in [-0.15, -0.1) is 11.3 Å². The van der Waals surface area contributed by atoms with E-state index >= 15 is 0 Å². The van der Waals surface area contributed by atoms with Crippen molar-refractivity contribution in [3.8, 4) is 0 Å². The Morgan fingerprint density at radius 3 is 2.85 bits per heavy atom. The van der Waals surface area contributed by atoms with E-state index in [1.165, 1.54) is 4.88 Å². The molecule has 1 unspecified atom stereocenters. The molecule has 1 aliphatic heterocycles. The third-order valence-electron chi connectivity index (χ3n) is 4.24. The van der Waals surface area contributed by atoms with E-state index in [1.54, 1.807) is 11.3 Å². The van der Waals surface area contributed by atoms with Crippen LogP contribution in [0.5, 0.6) is 0 Å². The van der Waals surface area contributed by atoms with Crippen LogP contribution < -0.4 is 10.6 Å². The molecule has 2 rings (SSSR count). The summed E-state index contributed by atoms with van der Waals surface area (Å²) in [5.74, 6) is 0.268. The maximum Gasteiger partial charge on any atom is 0.226 e. The Kier molecular flexibility index (Phi) is 5.61. The van der Waals surface area contributed by atoms with E-state index in [1.807, 2.05) is 0 Å². The fraction of sp³-hybridized carbons (Fsp3) is 0.688. The van der Waals surface area contributed by atoms with Gasteiger partial charge in [0.1, 0.15) is 0 Å². The Bertz CT molecular complexity index is 405. The van der Waals surface area contributed by atoms with Crippen molar-refractivity contribution >= 4 is 17.2 Å². The summed E-state index contributed by atoms with van der Waals surface area (Å²) in [6.45, 7) is 6.21. The van der Waals surface area contributed by atoms with Crippen LogP contribution in [0.25, 0.3) is 0 Å². The molecule has 1 saturated heterocycles. The molecular formula is C16H26N2OS. The molecule has 0 aliphatic carbocycles. The summed E-state index contributed by atoms with van der Waals surface area (Å²) in [6.07, 6.45) is 4.96. The van der Waals surface area contributed by atoms with Crippen molar-refractivity contribution in [2.24, 2.45) is 5.41 Å². The summed E-state index contributed by atoms with van der Waals surface area (Å²) in [6, 6.07) is 4.42. The van der Waals surface area contributed by atoms with Gasteiger partial charge in [-0.25, -0.2) is 0 Å². The molecule has 1 aromatic rings. The summed E-state index contributed by atoms with van der Waals surface area (Å²) in [7, 11) is 0. The van der Waals surface area contributed by atoms with Crippen LogP contribution in [-0.4, -0.2) is 25.0 Å². The molecule has 1 amide bonds. The lowest BCUT2D eigenvalue weighted by Crippen LogP contribution is -2.50. The van der Waals surface area contributed by atoms with Gasteiger partial charge in [-0.05, 0) is 50.7 Å². The van der Waals surface area contributed by atoms with E-state index in [9.17, 15) is 4.79 Å². The summed E-state index contributed by atoms with van der Waals surface area (Å²) in [5, 5.41) is 8.71. The molecule has 112 valence electrons. The molecule has 2 N–H and O–H groups in total. The number of rotatable bonds is 6. The molecule has 0 saturated carbocycles. The Hall–Kier alpha value is -0.870. The first kappa shape index (κ1) is 15.5. The molecule has 4 heteroatoms. The lowest BCUT2D eigenvalue weighted by molar-refractivity contribution is -0.133. The Labute approximate surface area is 126 Å². The summed E-state index contributed by atoms with van der Waals surface area (Å²) in [4.78, 5) is 14.1. The number of hydrogen-bond acceptors (Lipinski definition) is 3. The van der Waals surface area contributed by atoms with Crippen LogP contribution in [0.15, 0.2) is 17.5 Å². The maximum atomic E-state index is 12.7. The van der Waals surface area contributed by atoms with Crippen molar-refractivity contribution in [2.45, 2.75) is 52.0 Å². The average molecular weight is 294 g/mol. The number of hydrogen-bond donors (Lipinski definition) is 2. The topological polar surface area (TPSA) is 41.1 Å². The Morgan fingerprint density at radius 1 is 1.50 bits per heavy atom. The second-order valence-corrected chi connectivity index (χ2v) is 6.97. The molecule has 0 spiro atoms. The van der Waals surface area contributed by atoms with Gasteiger partial charge >= 0.3 is 0 Å². The second kappa shape index (κ2) is 7.23. The summed E-state index contributed by atoms with van der Waals surface area (Å²) in [5.41, 5.74) is -0.135. The van der Waals surface area contributed by atoms with Crippen molar-refractivity contribution in [3.63, 3.8) is 0 Å². The van der Waals surface area contributed by atoms with Gasteiger partial charge in [-0.2, -0.15) is 0 Å². The van der Waals surface area contributed by atoms with Gasteiger partial charge in [-0.1, -0.05) is 19.4 Å². The van der Waals surface area contributed by atoms with Gasteiger partial charge in [0.15, 0.2) is 0 Å². The highest BCUT2D eigenvalue weighted by Gasteiger charge is 2.38. The quantitative estimate of drug-likeness (QED) is 0.847. The highest BCUT2D eigenvalue weighted by atomic mass is 32.1. The molecule has 3 nitrogen and oxygen atoms in total. The van der Waals surface area contributed by atoms with E-state index < -0.39 is 0 Å². The highest BCUT2D eigenvalue weighted by Crippen LogP contribution is 2.34. The zero-order chi connectivity index (χ0) is 14.4. The number of carbonyl (C=O) groups excluding carboxylic acids is 1. The number of amides is 1. The molecule has 2 heterocycles. The van der Waals surface area contributed by atoms with E-state index in [-0.39, 0.29) is 17.4 Å². The third kappa shape index (κ3) is 3.83. The SMILES string of the molecule is CCCC1(C(=O)NC(C)Cc2cccs2)CCNCC1. The van der Waals surface area contributed by atoms with Crippen LogP contribution in [0.3, 0.4) is 0 Å². The monoisotopic (exact) mass is 294 g/mol. The minimum absolute atomic E-state index is 0.135. The summed E-state index contributed by atoms with van der Waals surface area (Å²) < 4.78 is 0. The second-order valence-electron chi connectivity index (χ2n) is 5.94. The standard InChI is InChI=1S/C16H26N2OS/c1-3-6-16(7-9-17-10-8-16)15(19)18-13(2)12-14-5-4-11-20-14/h4-5,11,13,17H,3,6-10,12H2,1-2H3,(H,18,19). The van der Waals surface area contributed by atoms with Gasteiger partial charge in [0.05, 0.1) is 5.41 Å². The fourth-order valence-corrected chi connectivity index (χ4v) is 3.97. The normalized spacial score (nSPS) is 19.5. The highest BCUT2D eigenvalue weighted by molar-refractivity contribution is 7.09. The van der Waals surface area contributed by atoms with E-state index in [2.05, 4.69) is 42.0 Å². The zero-order valence-electron chi connectivity index (χ0n) is 12.6. The van der Waals surface area contributed by atoms with Gasteiger partial charge in [0.25, 0.3) is 0 Å². The largest absolute Gasteiger partial charge is 0.353 e. The van der Waals surface area contributed by atoms with E-state index in [4.69, 9.17) is 0 Å². The summed E-state index contributed by atoms with van der Waals surface area (Å²) >= 11 is 1.76. The fourth-order valence-electron chi connectivity index (χ4n) is 3.13. The van der Waals surface area contributed by atoms with Gasteiger partial charge < -0.3 is 10.6 Å². The molecular weight excluding hydrogens is 268 g/mol. The van der Waals surface area contributed by atoms with Crippen molar-refractivity contribution in [3.05, 3.63) is 22.4 Å². The first-order chi connectivity index (χ1) is 9.66. The molecule has 0 radical (unpaired) electrons. The van der Waals surface area contributed by atoms with E-state index in [0.29, 0.717) is 0 Å². The first-order valence-electron chi connectivity index (χ1n) is 7.70. The molecule has 1 aliphatic rings. The predicted octanol–water partition coefficient (Wildman–Crippen LogP) is 2.97. The number of piperidine rings is 1. The third-order valence-corrected chi connectivity index (χ3v) is 5.13. The molecule has 20 heavy (non-hydrogen) atoms. The van der Waals surface area contributed by atoms with Crippen molar-refractivity contribution in [1.29, 1.82) is 0 Å². The van der Waals surface area contributed by atoms with Crippen LogP contribution >= 0.6 is 11.3 Å². The smallest absolute Gasteiger partial charge is 0.226 e. The lowest BCUT2D eigenvalue weighted by atomic mass is 9.74. The number of carbonyl (C=O) groups is 1. The van der Waals surface area contributed by atoms with Crippen molar-refractivity contribution in [2.75, 3.05) is 13.1 Å². The lowest BCUT2D eigenvalue weighted by Gasteiger charge is -2.37. The number of nitrogens with one attached hydrogen (secondary N) is 2. The van der Waals surface area contributed by atoms with Crippen LogP contribution in [0.1, 0.15) is 44.4 Å². The maximum absolute atomic E-state index is 12.7. The minimum Gasteiger partial charge on any atom is -0.353 e. The number of thiophene rings is 1. The predicted molar refractivity (Wildman–Crippen MR) is 85.1 cm³/mol. The van der Waals surface area contributed by atoms with Gasteiger partial charge in [-0.3, -0.25) is 4.79 Å². The van der Waals surface area contributed by atoms with E-state index in [0.717, 1.165) is 45.2 Å². The van der Waals surface area contributed by atoms with Gasteiger partial charge in [0, 0.05) is 17.3 Å². The van der Waals surface area contributed by atoms with Crippen LogP contribution in [0.2, 0.25) is 0 Å². The van der Waals surface area contributed by atoms with Crippen LogP contribution in [-0.2, 0) is 11.2 Å². The average Bonchev–Trinajstić information content (AvgIpc) is 2.92. The van der Waals surface area contributed by atoms with Gasteiger partial charge in [0.2, 0.25) is 5.91 Å². The Morgan fingerprint density at radius 2 is 2.25 bits per heavy atom. The van der Waals surface area contributed by atoms with Crippen LogP contribution in [0, 0.1) is 5.41 Å². The first-order valence-corrected chi connectivity index (χ1v) is 8.58. The zero-order valence-corrected chi connectivity index (χ0v) is 13.4.